The normalized spacial score (nSPS) is 13.3. The van der Waals surface area contributed by atoms with E-state index in [4.69, 9.17) is 0 Å². The van der Waals surface area contributed by atoms with E-state index in [2.05, 4.69) is 5.32 Å². The van der Waals surface area contributed by atoms with E-state index in [0.717, 1.165) is 12.1 Å². The molecule has 0 aromatic heterocycles. The molecule has 7 heteroatoms. The number of nitrogens with zero attached hydrogens (tertiary/aromatic N) is 1. The minimum atomic E-state index is -4.38. The van der Waals surface area contributed by atoms with Crippen molar-refractivity contribution in [1.82, 2.24) is 10.2 Å². The van der Waals surface area contributed by atoms with Crippen molar-refractivity contribution in [2.24, 2.45) is 5.41 Å². The van der Waals surface area contributed by atoms with Crippen LogP contribution in [0, 0.1) is 5.41 Å². The minimum absolute atomic E-state index is 0.159. The topological polar surface area (TPSA) is 49.4 Å². The highest BCUT2D eigenvalue weighted by atomic mass is 19.4. The molecule has 1 atom stereocenters. The van der Waals surface area contributed by atoms with Crippen molar-refractivity contribution in [2.75, 3.05) is 7.05 Å². The van der Waals surface area contributed by atoms with E-state index in [-0.39, 0.29) is 18.4 Å². The van der Waals surface area contributed by atoms with E-state index >= 15 is 0 Å². The van der Waals surface area contributed by atoms with Gasteiger partial charge in [-0.3, -0.25) is 9.59 Å². The fourth-order valence-electron chi connectivity index (χ4n) is 1.96. The molecule has 0 aliphatic heterocycles. The van der Waals surface area contributed by atoms with E-state index in [1.165, 1.54) is 17.0 Å². The highest BCUT2D eigenvalue weighted by molar-refractivity contribution is 5.89. The van der Waals surface area contributed by atoms with Gasteiger partial charge in [0, 0.05) is 19.0 Å². The number of hydrogen-bond acceptors (Lipinski definition) is 2. The van der Waals surface area contributed by atoms with Gasteiger partial charge >= 0.3 is 6.18 Å². The molecule has 134 valence electrons. The maximum absolute atomic E-state index is 12.5. The van der Waals surface area contributed by atoms with Gasteiger partial charge in [-0.05, 0) is 24.6 Å². The van der Waals surface area contributed by atoms with Crippen molar-refractivity contribution < 1.29 is 22.8 Å². The van der Waals surface area contributed by atoms with Crippen LogP contribution in [0.3, 0.4) is 0 Å². The van der Waals surface area contributed by atoms with E-state index in [1.54, 1.807) is 34.7 Å². The van der Waals surface area contributed by atoms with Crippen LogP contribution in [0.5, 0.6) is 0 Å². The first kappa shape index (κ1) is 20.0. The maximum atomic E-state index is 12.5. The van der Waals surface area contributed by atoms with E-state index in [1.807, 2.05) is 0 Å². The van der Waals surface area contributed by atoms with Crippen molar-refractivity contribution in [1.29, 1.82) is 0 Å². The molecular formula is C17H23F3N2O2. The fraction of sp³-hybridized carbons (Fsp3) is 0.529. The lowest BCUT2D eigenvalue weighted by atomic mass is 9.95. The Kier molecular flexibility index (Phi) is 6.03. The van der Waals surface area contributed by atoms with Crippen LogP contribution in [0.2, 0.25) is 0 Å². The molecule has 1 aromatic rings. The van der Waals surface area contributed by atoms with Gasteiger partial charge in [0.15, 0.2) is 0 Å². The summed E-state index contributed by atoms with van der Waals surface area (Å²) in [7, 11) is 1.54. The Morgan fingerprint density at radius 2 is 1.62 bits per heavy atom. The van der Waals surface area contributed by atoms with Crippen LogP contribution in [0.4, 0.5) is 13.2 Å². The molecule has 0 bridgehead atoms. The second kappa shape index (κ2) is 7.23. The molecule has 0 aliphatic carbocycles. The summed E-state index contributed by atoms with van der Waals surface area (Å²) in [5.41, 5.74) is -0.764. The Balaban J connectivity index is 2.68. The van der Waals surface area contributed by atoms with Gasteiger partial charge in [0.05, 0.1) is 5.56 Å². The average Bonchev–Trinajstić information content (AvgIpc) is 2.44. The predicted octanol–water partition coefficient (Wildman–Crippen LogP) is 3.21. The van der Waals surface area contributed by atoms with Crippen LogP contribution in [0.25, 0.3) is 0 Å². The lowest BCUT2D eigenvalue weighted by Gasteiger charge is -2.25. The molecule has 24 heavy (non-hydrogen) atoms. The molecule has 1 unspecified atom stereocenters. The van der Waals surface area contributed by atoms with Gasteiger partial charge in [-0.1, -0.05) is 32.9 Å². The Morgan fingerprint density at radius 1 is 1.12 bits per heavy atom. The summed E-state index contributed by atoms with van der Waals surface area (Å²) < 4.78 is 37.6. The number of likely N-dealkylation sites (N-methyl/N-ethyl adjacent to an activating group) is 1. The second-order valence-corrected chi connectivity index (χ2v) is 6.83. The minimum Gasteiger partial charge on any atom is -0.344 e. The van der Waals surface area contributed by atoms with Gasteiger partial charge in [-0.25, -0.2) is 0 Å². The molecule has 1 rings (SSSR count). The summed E-state index contributed by atoms with van der Waals surface area (Å²) in [5, 5.41) is 2.64. The van der Waals surface area contributed by atoms with Crippen molar-refractivity contribution in [2.45, 2.75) is 46.5 Å². The Hall–Kier alpha value is -2.05. The zero-order valence-electron chi connectivity index (χ0n) is 14.5. The number of benzene rings is 1. The fourth-order valence-corrected chi connectivity index (χ4v) is 1.96. The first-order chi connectivity index (χ1) is 10.8. The number of hydrogen-bond donors (Lipinski definition) is 1. The average molecular weight is 344 g/mol. The molecule has 0 heterocycles. The molecule has 0 fully saturated rings. The van der Waals surface area contributed by atoms with Crippen LogP contribution < -0.4 is 5.32 Å². The zero-order chi connectivity index (χ0) is 18.7. The van der Waals surface area contributed by atoms with E-state index in [0.29, 0.717) is 5.56 Å². The smallest absolute Gasteiger partial charge is 0.344 e. The third-order valence-corrected chi connectivity index (χ3v) is 3.48. The SMILES string of the molecule is CC(NC(=O)C(C)(C)C)C(=O)N(C)Cc1ccc(C(F)(F)F)cc1. The van der Waals surface area contributed by atoms with Crippen molar-refractivity contribution in [3.8, 4) is 0 Å². The number of rotatable bonds is 4. The number of nitrogens with one attached hydrogen (secondary N) is 1. The molecule has 0 aliphatic rings. The summed E-state index contributed by atoms with van der Waals surface area (Å²) in [4.78, 5) is 25.5. The van der Waals surface area contributed by atoms with E-state index < -0.39 is 23.2 Å². The van der Waals surface area contributed by atoms with Crippen molar-refractivity contribution in [3.05, 3.63) is 35.4 Å². The summed E-state index contributed by atoms with van der Waals surface area (Å²) in [6.07, 6.45) is -4.38. The first-order valence-corrected chi connectivity index (χ1v) is 7.54. The molecule has 0 saturated heterocycles. The molecule has 4 nitrogen and oxygen atoms in total. The monoisotopic (exact) mass is 344 g/mol. The van der Waals surface area contributed by atoms with Crippen LogP contribution in [-0.4, -0.2) is 29.8 Å². The Morgan fingerprint density at radius 3 is 2.04 bits per heavy atom. The lowest BCUT2D eigenvalue weighted by molar-refractivity contribution is -0.138. The van der Waals surface area contributed by atoms with Gasteiger partial charge in [0.2, 0.25) is 11.8 Å². The number of amides is 2. The maximum Gasteiger partial charge on any atom is 0.416 e. The third kappa shape index (κ3) is 5.54. The Bertz CT molecular complexity index is 589. The van der Waals surface area contributed by atoms with Gasteiger partial charge in [0.1, 0.15) is 6.04 Å². The largest absolute Gasteiger partial charge is 0.416 e. The predicted molar refractivity (Wildman–Crippen MR) is 85.0 cm³/mol. The van der Waals surface area contributed by atoms with Gasteiger partial charge in [-0.15, -0.1) is 0 Å². The van der Waals surface area contributed by atoms with E-state index in [9.17, 15) is 22.8 Å². The van der Waals surface area contributed by atoms with Crippen LogP contribution in [-0.2, 0) is 22.3 Å². The van der Waals surface area contributed by atoms with Crippen LogP contribution in [0.15, 0.2) is 24.3 Å². The quantitative estimate of drug-likeness (QED) is 0.912. The summed E-state index contributed by atoms with van der Waals surface area (Å²) in [6.45, 7) is 6.96. The molecule has 0 saturated carbocycles. The van der Waals surface area contributed by atoms with Gasteiger partial charge < -0.3 is 10.2 Å². The van der Waals surface area contributed by atoms with Gasteiger partial charge in [-0.2, -0.15) is 13.2 Å². The standard InChI is InChI=1S/C17H23F3N2O2/c1-11(21-15(24)16(2,3)4)14(23)22(5)10-12-6-8-13(9-7-12)17(18,19)20/h6-9,11H,10H2,1-5H3,(H,21,24). The molecule has 0 radical (unpaired) electrons. The van der Waals surface area contributed by atoms with Crippen LogP contribution in [0.1, 0.15) is 38.8 Å². The number of halogens is 3. The first-order valence-electron chi connectivity index (χ1n) is 7.54. The Labute approximate surface area is 140 Å². The third-order valence-electron chi connectivity index (χ3n) is 3.48. The zero-order valence-corrected chi connectivity index (χ0v) is 14.5. The molecule has 2 amide bonds. The number of alkyl halides is 3. The number of carbonyl (C=O) groups excluding carboxylic acids is 2. The summed E-state index contributed by atoms with van der Waals surface area (Å²) in [5.74, 6) is -0.557. The number of carbonyl (C=O) groups is 2. The molecule has 1 aromatic carbocycles. The highest BCUT2D eigenvalue weighted by Gasteiger charge is 2.30. The summed E-state index contributed by atoms with van der Waals surface area (Å²) in [6, 6.07) is 3.93. The van der Waals surface area contributed by atoms with Gasteiger partial charge in [0.25, 0.3) is 0 Å². The molecule has 1 N–H and O–H groups in total. The molecular weight excluding hydrogens is 321 g/mol. The van der Waals surface area contributed by atoms with Crippen molar-refractivity contribution in [3.63, 3.8) is 0 Å². The summed E-state index contributed by atoms with van der Waals surface area (Å²) >= 11 is 0. The second-order valence-electron chi connectivity index (χ2n) is 6.83. The molecule has 0 spiro atoms. The van der Waals surface area contributed by atoms with Crippen LogP contribution >= 0.6 is 0 Å². The van der Waals surface area contributed by atoms with Crippen molar-refractivity contribution >= 4 is 11.8 Å². The lowest BCUT2D eigenvalue weighted by Crippen LogP contribution is -2.48. The highest BCUT2D eigenvalue weighted by Crippen LogP contribution is 2.29.